The lowest BCUT2D eigenvalue weighted by Crippen LogP contribution is -2.38. The van der Waals surface area contributed by atoms with Crippen LogP contribution in [0.1, 0.15) is 37.3 Å². The standard InChI is InChI=1S/C30H31N3O4/c1-3-35-28-17-22(9-13-27(28)36-20-29(34)33-15-5-4-6-16-33)19-31-24-12-14-26-25(18-24)32-30(37-26)23-10-7-21(2)8-11-23/h7-14,17-19H,3-6,15-16,20H2,1-2H3. The molecule has 7 nitrogen and oxygen atoms in total. The van der Waals surface area contributed by atoms with Crippen LogP contribution in [0.2, 0.25) is 0 Å². The Hall–Kier alpha value is -4.13. The van der Waals surface area contributed by atoms with E-state index in [9.17, 15) is 4.79 Å². The molecule has 1 fully saturated rings. The van der Waals surface area contributed by atoms with Gasteiger partial charge in [-0.15, -0.1) is 0 Å². The molecule has 4 aromatic rings. The van der Waals surface area contributed by atoms with E-state index in [1.807, 2.05) is 72.5 Å². The first-order valence-corrected chi connectivity index (χ1v) is 12.8. The predicted molar refractivity (Wildman–Crippen MR) is 145 cm³/mol. The Balaban J connectivity index is 1.29. The van der Waals surface area contributed by atoms with Gasteiger partial charge < -0.3 is 18.8 Å². The highest BCUT2D eigenvalue weighted by molar-refractivity contribution is 5.85. The maximum atomic E-state index is 12.5. The second-order valence-electron chi connectivity index (χ2n) is 9.16. The van der Waals surface area contributed by atoms with Crippen molar-refractivity contribution in [2.24, 2.45) is 4.99 Å². The van der Waals surface area contributed by atoms with Gasteiger partial charge in [0.1, 0.15) is 5.52 Å². The number of likely N-dealkylation sites (tertiary alicyclic amines) is 1. The Morgan fingerprint density at radius 3 is 2.59 bits per heavy atom. The third-order valence-corrected chi connectivity index (χ3v) is 6.36. The maximum Gasteiger partial charge on any atom is 0.260 e. The van der Waals surface area contributed by atoms with Crippen molar-refractivity contribution in [3.05, 3.63) is 71.8 Å². The molecule has 7 heteroatoms. The first kappa shape index (κ1) is 24.6. The Kier molecular flexibility index (Phi) is 7.49. The molecule has 0 spiro atoms. The summed E-state index contributed by atoms with van der Waals surface area (Å²) >= 11 is 0. The summed E-state index contributed by atoms with van der Waals surface area (Å²) in [6.45, 7) is 6.09. The van der Waals surface area contributed by atoms with Gasteiger partial charge in [0.2, 0.25) is 5.89 Å². The monoisotopic (exact) mass is 497 g/mol. The highest BCUT2D eigenvalue weighted by atomic mass is 16.5. The lowest BCUT2D eigenvalue weighted by atomic mass is 10.1. The van der Waals surface area contributed by atoms with Gasteiger partial charge in [-0.2, -0.15) is 0 Å². The number of hydrogen-bond acceptors (Lipinski definition) is 6. The number of aliphatic imine (C=N–C) groups is 1. The minimum atomic E-state index is 0.00972. The number of carbonyl (C=O) groups is 1. The molecular formula is C30H31N3O4. The van der Waals surface area contributed by atoms with Gasteiger partial charge in [0.05, 0.1) is 12.3 Å². The van der Waals surface area contributed by atoms with Crippen molar-refractivity contribution in [2.75, 3.05) is 26.3 Å². The van der Waals surface area contributed by atoms with Crippen LogP contribution in [0.5, 0.6) is 11.5 Å². The molecule has 0 bridgehead atoms. The van der Waals surface area contributed by atoms with Crippen molar-refractivity contribution < 1.29 is 18.7 Å². The summed E-state index contributed by atoms with van der Waals surface area (Å²) in [7, 11) is 0. The van der Waals surface area contributed by atoms with E-state index in [2.05, 4.69) is 16.9 Å². The highest BCUT2D eigenvalue weighted by Crippen LogP contribution is 2.30. The van der Waals surface area contributed by atoms with Gasteiger partial charge >= 0.3 is 0 Å². The Labute approximate surface area is 216 Å². The normalized spacial score (nSPS) is 13.8. The molecule has 1 aromatic heterocycles. The van der Waals surface area contributed by atoms with Crippen LogP contribution in [0.15, 0.2) is 70.1 Å². The van der Waals surface area contributed by atoms with Crippen molar-refractivity contribution in [3.8, 4) is 23.0 Å². The molecule has 0 N–H and O–H groups in total. The number of nitrogens with zero attached hydrogens (tertiary/aromatic N) is 3. The number of benzene rings is 3. The average Bonchev–Trinajstić information content (AvgIpc) is 3.36. The van der Waals surface area contributed by atoms with Crippen LogP contribution < -0.4 is 9.47 Å². The zero-order valence-electron chi connectivity index (χ0n) is 21.3. The fraction of sp³-hybridized carbons (Fsp3) is 0.300. The lowest BCUT2D eigenvalue weighted by Gasteiger charge is -2.26. The van der Waals surface area contributed by atoms with Gasteiger partial charge in [0.15, 0.2) is 23.7 Å². The van der Waals surface area contributed by atoms with Gasteiger partial charge in [-0.05, 0) is 87.2 Å². The zero-order valence-corrected chi connectivity index (χ0v) is 21.3. The topological polar surface area (TPSA) is 77.2 Å². The second kappa shape index (κ2) is 11.3. The Bertz CT molecular complexity index is 1400. The molecule has 0 atom stereocenters. The predicted octanol–water partition coefficient (Wildman–Crippen LogP) is 6.34. The smallest absolute Gasteiger partial charge is 0.260 e. The number of rotatable bonds is 8. The second-order valence-corrected chi connectivity index (χ2v) is 9.16. The fourth-order valence-electron chi connectivity index (χ4n) is 4.33. The molecule has 1 saturated heterocycles. The summed E-state index contributed by atoms with van der Waals surface area (Å²) in [5.74, 6) is 1.75. The van der Waals surface area contributed by atoms with Gasteiger partial charge in [-0.25, -0.2) is 4.98 Å². The van der Waals surface area contributed by atoms with E-state index in [1.165, 1.54) is 12.0 Å². The third-order valence-electron chi connectivity index (χ3n) is 6.36. The first-order chi connectivity index (χ1) is 18.1. The molecule has 0 aliphatic carbocycles. The Morgan fingerprint density at radius 1 is 1.00 bits per heavy atom. The fourth-order valence-corrected chi connectivity index (χ4v) is 4.33. The molecular weight excluding hydrogens is 466 g/mol. The van der Waals surface area contributed by atoms with Crippen molar-refractivity contribution >= 4 is 28.9 Å². The molecule has 1 aliphatic heterocycles. The maximum absolute atomic E-state index is 12.5. The summed E-state index contributed by atoms with van der Waals surface area (Å²) in [5, 5.41) is 0. The van der Waals surface area contributed by atoms with Gasteiger partial charge in [0, 0.05) is 24.9 Å². The van der Waals surface area contributed by atoms with Crippen molar-refractivity contribution in [2.45, 2.75) is 33.1 Å². The van der Waals surface area contributed by atoms with Crippen LogP contribution in [-0.2, 0) is 4.79 Å². The third kappa shape index (κ3) is 6.00. The van der Waals surface area contributed by atoms with Gasteiger partial charge in [-0.3, -0.25) is 9.79 Å². The highest BCUT2D eigenvalue weighted by Gasteiger charge is 2.18. The molecule has 0 unspecified atom stereocenters. The number of amides is 1. The van der Waals surface area contributed by atoms with Crippen LogP contribution in [0.3, 0.4) is 0 Å². The number of carbonyl (C=O) groups excluding carboxylic acids is 1. The number of aryl methyl sites for hydroxylation is 1. The summed E-state index contributed by atoms with van der Waals surface area (Å²) in [6.07, 6.45) is 5.07. The van der Waals surface area contributed by atoms with E-state index >= 15 is 0 Å². The van der Waals surface area contributed by atoms with E-state index < -0.39 is 0 Å². The van der Waals surface area contributed by atoms with Gasteiger partial charge in [-0.1, -0.05) is 17.7 Å². The van der Waals surface area contributed by atoms with Crippen LogP contribution >= 0.6 is 0 Å². The molecule has 37 heavy (non-hydrogen) atoms. The molecule has 1 aliphatic rings. The largest absolute Gasteiger partial charge is 0.490 e. The number of piperidine rings is 1. The molecule has 0 saturated carbocycles. The summed E-state index contributed by atoms with van der Waals surface area (Å²) in [6, 6.07) is 19.4. The lowest BCUT2D eigenvalue weighted by molar-refractivity contribution is -0.134. The summed E-state index contributed by atoms with van der Waals surface area (Å²) in [4.78, 5) is 23.6. The number of aromatic nitrogens is 1. The van der Waals surface area contributed by atoms with E-state index in [0.29, 0.717) is 29.6 Å². The van der Waals surface area contributed by atoms with Crippen molar-refractivity contribution in [1.82, 2.24) is 9.88 Å². The number of fused-ring (bicyclic) bond motifs is 1. The SMILES string of the molecule is CCOc1cc(C=Nc2ccc3oc(-c4ccc(C)cc4)nc3c2)ccc1OCC(=O)N1CCCCC1. The van der Waals surface area contributed by atoms with Crippen LogP contribution in [-0.4, -0.2) is 48.3 Å². The zero-order chi connectivity index (χ0) is 25.6. The van der Waals surface area contributed by atoms with Crippen LogP contribution in [0, 0.1) is 6.92 Å². The molecule has 0 radical (unpaired) electrons. The average molecular weight is 498 g/mol. The van der Waals surface area contributed by atoms with E-state index in [4.69, 9.17) is 13.9 Å². The van der Waals surface area contributed by atoms with E-state index in [1.54, 1.807) is 6.21 Å². The summed E-state index contributed by atoms with van der Waals surface area (Å²) in [5.41, 5.74) is 5.22. The number of hydrogen-bond donors (Lipinski definition) is 0. The molecule has 5 rings (SSSR count). The van der Waals surface area contributed by atoms with Crippen LogP contribution in [0.25, 0.3) is 22.6 Å². The number of ether oxygens (including phenoxy) is 2. The van der Waals surface area contributed by atoms with Crippen molar-refractivity contribution in [1.29, 1.82) is 0 Å². The molecule has 1 amide bonds. The number of oxazole rings is 1. The molecule has 190 valence electrons. The van der Waals surface area contributed by atoms with Crippen LogP contribution in [0.4, 0.5) is 5.69 Å². The molecule has 3 aromatic carbocycles. The quantitative estimate of drug-likeness (QED) is 0.265. The Morgan fingerprint density at radius 2 is 1.81 bits per heavy atom. The molecule has 2 heterocycles. The first-order valence-electron chi connectivity index (χ1n) is 12.8. The van der Waals surface area contributed by atoms with Crippen molar-refractivity contribution in [3.63, 3.8) is 0 Å². The minimum Gasteiger partial charge on any atom is -0.490 e. The van der Waals surface area contributed by atoms with E-state index in [0.717, 1.165) is 48.3 Å². The summed E-state index contributed by atoms with van der Waals surface area (Å²) < 4.78 is 17.5. The minimum absolute atomic E-state index is 0.00972. The van der Waals surface area contributed by atoms with E-state index in [-0.39, 0.29) is 12.5 Å². The van der Waals surface area contributed by atoms with Gasteiger partial charge in [0.25, 0.3) is 5.91 Å².